The van der Waals surface area contributed by atoms with Crippen LogP contribution < -0.4 is 5.32 Å². The maximum absolute atomic E-state index is 11.0. The lowest BCUT2D eigenvalue weighted by Gasteiger charge is -2.02. The van der Waals surface area contributed by atoms with Crippen LogP contribution in [0.25, 0.3) is 10.9 Å². The van der Waals surface area contributed by atoms with Crippen LogP contribution >= 0.6 is 0 Å². The van der Waals surface area contributed by atoms with Gasteiger partial charge in [-0.1, -0.05) is 18.2 Å². The van der Waals surface area contributed by atoms with E-state index in [0.29, 0.717) is 13.1 Å². The molecule has 5 heteroatoms. The first-order chi connectivity index (χ1) is 8.06. The van der Waals surface area contributed by atoms with E-state index in [2.05, 4.69) is 16.4 Å². The van der Waals surface area contributed by atoms with Crippen molar-refractivity contribution in [1.82, 2.24) is 10.3 Å². The highest BCUT2D eigenvalue weighted by atomic mass is 32.2. The smallest absolute Gasteiger partial charge is 0.148 e. The molecule has 0 saturated carbocycles. The first-order valence-corrected chi connectivity index (χ1v) is 7.56. The third-order valence-electron chi connectivity index (χ3n) is 2.64. The number of nitrogens with one attached hydrogen (secondary N) is 2. The lowest BCUT2D eigenvalue weighted by atomic mass is 10.2. The minimum absolute atomic E-state index is 0.176. The molecule has 0 spiro atoms. The van der Waals surface area contributed by atoms with Crippen LogP contribution in [0.1, 0.15) is 5.56 Å². The number of aromatic nitrogens is 1. The van der Waals surface area contributed by atoms with Gasteiger partial charge in [0.1, 0.15) is 9.84 Å². The Labute approximate surface area is 101 Å². The van der Waals surface area contributed by atoms with Crippen LogP contribution in [0.5, 0.6) is 0 Å². The van der Waals surface area contributed by atoms with Gasteiger partial charge in [0.25, 0.3) is 0 Å². The second-order valence-electron chi connectivity index (χ2n) is 4.17. The Morgan fingerprint density at radius 3 is 2.82 bits per heavy atom. The number of fused-ring (bicyclic) bond motifs is 1. The van der Waals surface area contributed by atoms with Crippen molar-refractivity contribution in [3.05, 3.63) is 36.0 Å². The largest absolute Gasteiger partial charge is 0.361 e. The van der Waals surface area contributed by atoms with Crippen molar-refractivity contribution in [3.8, 4) is 0 Å². The number of rotatable bonds is 5. The standard InChI is InChI=1S/C12H16N2O2S/c1-17(15,16)7-6-13-8-10-9-14-12-5-3-2-4-11(10)12/h2-5,9,13-14H,6-8H2,1H3. The van der Waals surface area contributed by atoms with Gasteiger partial charge in [-0.05, 0) is 11.6 Å². The van der Waals surface area contributed by atoms with Crippen LogP contribution in [-0.2, 0) is 16.4 Å². The highest BCUT2D eigenvalue weighted by Gasteiger charge is 2.04. The molecule has 0 unspecified atom stereocenters. The molecule has 0 atom stereocenters. The van der Waals surface area contributed by atoms with Gasteiger partial charge in [0, 0.05) is 36.4 Å². The zero-order chi connectivity index (χ0) is 12.3. The van der Waals surface area contributed by atoms with Gasteiger partial charge < -0.3 is 10.3 Å². The van der Waals surface area contributed by atoms with Gasteiger partial charge in [0.15, 0.2) is 0 Å². The fourth-order valence-corrected chi connectivity index (χ4v) is 2.27. The SMILES string of the molecule is CS(=O)(=O)CCNCc1c[nH]c2ccccc12. The number of aromatic amines is 1. The van der Waals surface area contributed by atoms with Crippen molar-refractivity contribution < 1.29 is 8.42 Å². The summed E-state index contributed by atoms with van der Waals surface area (Å²) < 4.78 is 21.9. The lowest BCUT2D eigenvalue weighted by molar-refractivity contribution is 0.596. The maximum atomic E-state index is 11.0. The van der Waals surface area contributed by atoms with E-state index in [0.717, 1.165) is 11.1 Å². The first kappa shape index (κ1) is 12.1. The monoisotopic (exact) mass is 252 g/mol. The molecule has 2 N–H and O–H groups in total. The summed E-state index contributed by atoms with van der Waals surface area (Å²) in [5, 5.41) is 4.32. The first-order valence-electron chi connectivity index (χ1n) is 5.50. The van der Waals surface area contributed by atoms with E-state index in [-0.39, 0.29) is 5.75 Å². The second kappa shape index (κ2) is 4.89. The summed E-state index contributed by atoms with van der Waals surface area (Å²) in [6, 6.07) is 8.06. The van der Waals surface area contributed by atoms with Gasteiger partial charge in [0.05, 0.1) is 5.75 Å². The van der Waals surface area contributed by atoms with Gasteiger partial charge in [-0.25, -0.2) is 8.42 Å². The van der Waals surface area contributed by atoms with Gasteiger partial charge in [0.2, 0.25) is 0 Å². The zero-order valence-electron chi connectivity index (χ0n) is 9.73. The Hall–Kier alpha value is -1.33. The molecule has 2 rings (SSSR count). The van der Waals surface area contributed by atoms with Crippen LogP contribution in [0.15, 0.2) is 30.5 Å². The summed E-state index contributed by atoms with van der Waals surface area (Å²) in [5.74, 6) is 0.176. The summed E-state index contributed by atoms with van der Waals surface area (Å²) in [6.07, 6.45) is 3.21. The number of para-hydroxylation sites is 1. The van der Waals surface area contributed by atoms with Crippen molar-refractivity contribution in [2.24, 2.45) is 0 Å². The fourth-order valence-electron chi connectivity index (χ4n) is 1.76. The van der Waals surface area contributed by atoms with Gasteiger partial charge in [-0.2, -0.15) is 0 Å². The molecule has 0 aliphatic rings. The molecule has 0 fully saturated rings. The molecule has 1 aromatic heterocycles. The molecule has 0 saturated heterocycles. The number of hydrogen-bond acceptors (Lipinski definition) is 3. The third kappa shape index (κ3) is 3.31. The zero-order valence-corrected chi connectivity index (χ0v) is 10.5. The van der Waals surface area contributed by atoms with Crippen LogP contribution in [0, 0.1) is 0 Å². The number of benzene rings is 1. The molecule has 0 bridgehead atoms. The average Bonchev–Trinajstić information content (AvgIpc) is 2.67. The second-order valence-corrected chi connectivity index (χ2v) is 6.43. The average molecular weight is 252 g/mol. The van der Waals surface area contributed by atoms with E-state index in [1.807, 2.05) is 24.4 Å². The summed E-state index contributed by atoms with van der Waals surface area (Å²) in [5.41, 5.74) is 2.27. The lowest BCUT2D eigenvalue weighted by Crippen LogP contribution is -2.21. The fraction of sp³-hybridized carbons (Fsp3) is 0.333. The Balaban J connectivity index is 1.96. The summed E-state index contributed by atoms with van der Waals surface area (Å²) in [6.45, 7) is 1.16. The molecule has 92 valence electrons. The molecular weight excluding hydrogens is 236 g/mol. The predicted molar refractivity (Wildman–Crippen MR) is 69.7 cm³/mol. The Bertz CT molecular complexity index is 602. The molecule has 0 aliphatic carbocycles. The predicted octanol–water partition coefficient (Wildman–Crippen LogP) is 1.30. The van der Waals surface area contributed by atoms with Crippen molar-refractivity contribution in [2.75, 3.05) is 18.6 Å². The van der Waals surface area contributed by atoms with E-state index in [1.165, 1.54) is 11.6 Å². The van der Waals surface area contributed by atoms with Crippen LogP contribution in [-0.4, -0.2) is 32.0 Å². The van der Waals surface area contributed by atoms with Crippen LogP contribution in [0.4, 0.5) is 0 Å². The molecule has 0 amide bonds. The normalized spacial score (nSPS) is 12.1. The van der Waals surface area contributed by atoms with E-state index >= 15 is 0 Å². The summed E-state index contributed by atoms with van der Waals surface area (Å²) in [7, 11) is -2.88. The highest BCUT2D eigenvalue weighted by Crippen LogP contribution is 2.16. The minimum Gasteiger partial charge on any atom is -0.361 e. The molecule has 0 aliphatic heterocycles. The summed E-state index contributed by atoms with van der Waals surface area (Å²) >= 11 is 0. The van der Waals surface area contributed by atoms with Crippen molar-refractivity contribution >= 4 is 20.7 Å². The highest BCUT2D eigenvalue weighted by molar-refractivity contribution is 7.90. The maximum Gasteiger partial charge on any atom is 0.148 e. The Kier molecular flexibility index (Phi) is 3.49. The molecule has 2 aromatic rings. The number of sulfone groups is 1. The molecule has 1 aromatic carbocycles. The van der Waals surface area contributed by atoms with E-state index in [9.17, 15) is 8.42 Å². The van der Waals surface area contributed by atoms with E-state index < -0.39 is 9.84 Å². The third-order valence-corrected chi connectivity index (χ3v) is 3.59. The van der Waals surface area contributed by atoms with Gasteiger partial charge in [-0.15, -0.1) is 0 Å². The van der Waals surface area contributed by atoms with Crippen molar-refractivity contribution in [1.29, 1.82) is 0 Å². The summed E-state index contributed by atoms with van der Waals surface area (Å²) in [4.78, 5) is 3.19. The molecule has 4 nitrogen and oxygen atoms in total. The van der Waals surface area contributed by atoms with E-state index in [4.69, 9.17) is 0 Å². The van der Waals surface area contributed by atoms with E-state index in [1.54, 1.807) is 0 Å². The Morgan fingerprint density at radius 2 is 2.06 bits per heavy atom. The Morgan fingerprint density at radius 1 is 1.29 bits per heavy atom. The quantitative estimate of drug-likeness (QED) is 0.789. The molecule has 1 heterocycles. The van der Waals surface area contributed by atoms with Gasteiger partial charge >= 0.3 is 0 Å². The van der Waals surface area contributed by atoms with Crippen molar-refractivity contribution in [2.45, 2.75) is 6.54 Å². The topological polar surface area (TPSA) is 62.0 Å². The molecule has 17 heavy (non-hydrogen) atoms. The van der Waals surface area contributed by atoms with Gasteiger partial charge in [-0.3, -0.25) is 0 Å². The number of H-pyrrole nitrogens is 1. The van der Waals surface area contributed by atoms with Crippen LogP contribution in [0.2, 0.25) is 0 Å². The molecule has 0 radical (unpaired) electrons. The minimum atomic E-state index is -2.88. The molecular formula is C12H16N2O2S. The van der Waals surface area contributed by atoms with Crippen LogP contribution in [0.3, 0.4) is 0 Å². The number of hydrogen-bond donors (Lipinski definition) is 2. The van der Waals surface area contributed by atoms with Crippen molar-refractivity contribution in [3.63, 3.8) is 0 Å².